The van der Waals surface area contributed by atoms with Gasteiger partial charge in [0.25, 0.3) is 0 Å². The van der Waals surface area contributed by atoms with Crippen LogP contribution in [-0.4, -0.2) is 65.8 Å². The summed E-state index contributed by atoms with van der Waals surface area (Å²) < 4.78 is 24.7. The SMILES string of the molecule is Cc1cc(OC[C@]2(O)COCCN(CC3(O)CCCCCC3)C2)ccc1F. The van der Waals surface area contributed by atoms with Gasteiger partial charge in [-0.1, -0.05) is 25.7 Å². The van der Waals surface area contributed by atoms with Gasteiger partial charge < -0.3 is 19.7 Å². The molecule has 1 aliphatic carbocycles. The predicted molar refractivity (Wildman–Crippen MR) is 101 cm³/mol. The van der Waals surface area contributed by atoms with E-state index in [2.05, 4.69) is 4.90 Å². The summed E-state index contributed by atoms with van der Waals surface area (Å²) in [5.41, 5.74) is -1.34. The number of aliphatic hydroxyl groups is 2. The molecule has 1 aromatic carbocycles. The Morgan fingerprint density at radius 1 is 1.15 bits per heavy atom. The summed E-state index contributed by atoms with van der Waals surface area (Å²) >= 11 is 0. The number of β-amino-alcohol motifs (C(OH)–C–C–N with tert-alkyl or cyclic N) is 2. The Labute approximate surface area is 161 Å². The summed E-state index contributed by atoms with van der Waals surface area (Å²) in [4.78, 5) is 2.09. The van der Waals surface area contributed by atoms with E-state index in [0.29, 0.717) is 37.6 Å². The Balaban J connectivity index is 1.61. The minimum atomic E-state index is -1.17. The zero-order valence-electron chi connectivity index (χ0n) is 16.3. The summed E-state index contributed by atoms with van der Waals surface area (Å²) in [5.74, 6) is 0.252. The van der Waals surface area contributed by atoms with E-state index in [1.54, 1.807) is 19.1 Å². The lowest BCUT2D eigenvalue weighted by Gasteiger charge is -2.36. The van der Waals surface area contributed by atoms with Gasteiger partial charge in [-0.3, -0.25) is 4.90 Å². The average Bonchev–Trinajstić information content (AvgIpc) is 2.94. The maximum atomic E-state index is 13.4. The number of hydrogen-bond donors (Lipinski definition) is 2. The Hall–Kier alpha value is -1.21. The molecule has 6 heteroatoms. The first-order valence-corrected chi connectivity index (χ1v) is 10.0. The fourth-order valence-electron chi connectivity index (χ4n) is 4.10. The normalized spacial score (nSPS) is 27.0. The quantitative estimate of drug-likeness (QED) is 0.768. The largest absolute Gasteiger partial charge is 0.490 e. The van der Waals surface area contributed by atoms with Crippen molar-refractivity contribution in [1.29, 1.82) is 0 Å². The van der Waals surface area contributed by atoms with E-state index < -0.39 is 11.2 Å². The van der Waals surface area contributed by atoms with Gasteiger partial charge >= 0.3 is 0 Å². The topological polar surface area (TPSA) is 62.2 Å². The second-order valence-electron chi connectivity index (χ2n) is 8.33. The molecule has 2 aliphatic rings. The van der Waals surface area contributed by atoms with Crippen molar-refractivity contribution in [2.75, 3.05) is 39.5 Å². The lowest BCUT2D eigenvalue weighted by Crippen LogP contribution is -2.52. The van der Waals surface area contributed by atoms with Crippen LogP contribution in [0.3, 0.4) is 0 Å². The third-order valence-corrected chi connectivity index (χ3v) is 5.63. The van der Waals surface area contributed by atoms with Crippen LogP contribution in [0.25, 0.3) is 0 Å². The maximum absolute atomic E-state index is 13.4. The molecule has 2 N–H and O–H groups in total. The minimum absolute atomic E-state index is 0.0625. The van der Waals surface area contributed by atoms with E-state index in [-0.39, 0.29) is 19.0 Å². The smallest absolute Gasteiger partial charge is 0.134 e. The van der Waals surface area contributed by atoms with E-state index in [0.717, 1.165) is 25.7 Å². The van der Waals surface area contributed by atoms with Gasteiger partial charge in [0.15, 0.2) is 0 Å². The van der Waals surface area contributed by atoms with Crippen molar-refractivity contribution >= 4 is 0 Å². The molecule has 1 saturated carbocycles. The number of benzene rings is 1. The molecule has 1 saturated heterocycles. The van der Waals surface area contributed by atoms with Gasteiger partial charge in [0.1, 0.15) is 23.8 Å². The molecule has 0 unspecified atom stereocenters. The number of rotatable bonds is 5. The molecule has 0 amide bonds. The molecular weight excluding hydrogens is 349 g/mol. The number of ether oxygens (including phenoxy) is 2. The van der Waals surface area contributed by atoms with Crippen molar-refractivity contribution in [1.82, 2.24) is 4.90 Å². The highest BCUT2D eigenvalue weighted by Gasteiger charge is 2.37. The standard InChI is InChI=1S/C21H32FNO4/c1-17-12-18(6-7-19(17)22)27-16-21(25)14-23(10-11-26-15-21)13-20(24)8-4-2-3-5-9-20/h6-7,12,24-25H,2-5,8-11,13-16H2,1H3/t21-/m1/s1. The highest BCUT2D eigenvalue weighted by molar-refractivity contribution is 5.28. The molecule has 1 atom stereocenters. The van der Waals surface area contributed by atoms with Crippen LogP contribution in [0, 0.1) is 12.7 Å². The van der Waals surface area contributed by atoms with Crippen LogP contribution in [0.4, 0.5) is 4.39 Å². The summed E-state index contributed by atoms with van der Waals surface area (Å²) in [6.07, 6.45) is 6.10. The van der Waals surface area contributed by atoms with E-state index >= 15 is 0 Å². The molecule has 152 valence electrons. The van der Waals surface area contributed by atoms with Crippen molar-refractivity contribution in [3.8, 4) is 5.75 Å². The number of nitrogens with zero attached hydrogens (tertiary/aromatic N) is 1. The zero-order valence-corrected chi connectivity index (χ0v) is 16.3. The van der Waals surface area contributed by atoms with Gasteiger partial charge in [-0.15, -0.1) is 0 Å². The Morgan fingerprint density at radius 2 is 1.89 bits per heavy atom. The fourth-order valence-corrected chi connectivity index (χ4v) is 4.10. The van der Waals surface area contributed by atoms with Crippen LogP contribution < -0.4 is 4.74 Å². The molecule has 27 heavy (non-hydrogen) atoms. The second-order valence-corrected chi connectivity index (χ2v) is 8.33. The van der Waals surface area contributed by atoms with Crippen molar-refractivity contribution in [3.05, 3.63) is 29.6 Å². The Bertz CT molecular complexity index is 618. The maximum Gasteiger partial charge on any atom is 0.134 e. The van der Waals surface area contributed by atoms with Crippen molar-refractivity contribution in [3.63, 3.8) is 0 Å². The first-order chi connectivity index (χ1) is 12.9. The number of aryl methyl sites for hydroxylation is 1. The first kappa shape index (κ1) is 20.5. The van der Waals surface area contributed by atoms with Crippen LogP contribution in [0.2, 0.25) is 0 Å². The molecule has 0 aromatic heterocycles. The first-order valence-electron chi connectivity index (χ1n) is 10.0. The highest BCUT2D eigenvalue weighted by atomic mass is 19.1. The number of hydrogen-bond acceptors (Lipinski definition) is 5. The molecule has 0 bridgehead atoms. The summed E-state index contributed by atoms with van der Waals surface area (Å²) in [6, 6.07) is 4.56. The molecule has 0 spiro atoms. The molecular formula is C21H32FNO4. The van der Waals surface area contributed by atoms with Crippen LogP contribution in [0.5, 0.6) is 5.75 Å². The monoisotopic (exact) mass is 381 g/mol. The Morgan fingerprint density at radius 3 is 2.59 bits per heavy atom. The van der Waals surface area contributed by atoms with Crippen molar-refractivity contribution in [2.45, 2.75) is 56.7 Å². The van der Waals surface area contributed by atoms with Crippen LogP contribution >= 0.6 is 0 Å². The lowest BCUT2D eigenvalue weighted by molar-refractivity contribution is -0.0733. The molecule has 1 aliphatic heterocycles. The van der Waals surface area contributed by atoms with Gasteiger partial charge in [-0.2, -0.15) is 0 Å². The van der Waals surface area contributed by atoms with Gasteiger partial charge in [-0.25, -0.2) is 4.39 Å². The van der Waals surface area contributed by atoms with Gasteiger partial charge in [-0.05, 0) is 43.5 Å². The van der Waals surface area contributed by atoms with Crippen LogP contribution in [-0.2, 0) is 4.74 Å². The molecule has 1 heterocycles. The van der Waals surface area contributed by atoms with E-state index in [1.807, 2.05) is 0 Å². The molecule has 3 rings (SSSR count). The van der Waals surface area contributed by atoms with Gasteiger partial charge in [0.2, 0.25) is 0 Å². The summed E-state index contributed by atoms with van der Waals surface area (Å²) in [5, 5.41) is 22.0. The average molecular weight is 381 g/mol. The molecule has 0 radical (unpaired) electrons. The fraction of sp³-hybridized carbons (Fsp3) is 0.714. The lowest BCUT2D eigenvalue weighted by atomic mass is 9.93. The van der Waals surface area contributed by atoms with Crippen LogP contribution in [0.15, 0.2) is 18.2 Å². The van der Waals surface area contributed by atoms with E-state index in [1.165, 1.54) is 18.9 Å². The van der Waals surface area contributed by atoms with E-state index in [4.69, 9.17) is 9.47 Å². The summed E-state index contributed by atoms with van der Waals surface area (Å²) in [6.45, 7) is 4.06. The third-order valence-electron chi connectivity index (χ3n) is 5.63. The van der Waals surface area contributed by atoms with Crippen LogP contribution in [0.1, 0.15) is 44.1 Å². The third kappa shape index (κ3) is 5.88. The molecule has 2 fully saturated rings. The van der Waals surface area contributed by atoms with Crippen molar-refractivity contribution in [2.24, 2.45) is 0 Å². The highest BCUT2D eigenvalue weighted by Crippen LogP contribution is 2.29. The molecule has 5 nitrogen and oxygen atoms in total. The van der Waals surface area contributed by atoms with Gasteiger partial charge in [0, 0.05) is 19.6 Å². The predicted octanol–water partition coefficient (Wildman–Crippen LogP) is 2.66. The number of halogens is 1. The Kier molecular flexibility index (Phi) is 6.74. The zero-order chi connectivity index (χ0) is 19.3. The minimum Gasteiger partial charge on any atom is -0.490 e. The molecule has 1 aromatic rings. The van der Waals surface area contributed by atoms with Crippen molar-refractivity contribution < 1.29 is 24.1 Å². The van der Waals surface area contributed by atoms with Gasteiger partial charge in [0.05, 0.1) is 18.8 Å². The summed E-state index contributed by atoms with van der Waals surface area (Å²) in [7, 11) is 0. The van der Waals surface area contributed by atoms with E-state index in [9.17, 15) is 14.6 Å². The second kappa shape index (κ2) is 8.86.